The van der Waals surface area contributed by atoms with E-state index in [0.717, 1.165) is 5.69 Å². The van der Waals surface area contributed by atoms with Gasteiger partial charge in [-0.1, -0.05) is 30.2 Å². The van der Waals surface area contributed by atoms with Crippen LogP contribution >= 0.6 is 0 Å². The van der Waals surface area contributed by atoms with Crippen LogP contribution < -0.4 is 10.6 Å². The number of benzene rings is 1. The summed E-state index contributed by atoms with van der Waals surface area (Å²) < 4.78 is 6.35. The largest absolute Gasteiger partial charge is 0.466 e. The third-order valence-corrected chi connectivity index (χ3v) is 3.43. The first-order chi connectivity index (χ1) is 12.2. The number of para-hydroxylation sites is 1. The molecule has 2 rings (SSSR count). The third kappa shape index (κ3) is 5.27. The Kier molecular flexibility index (Phi) is 6.87. The van der Waals surface area contributed by atoms with Crippen LogP contribution in [0.3, 0.4) is 0 Å². The molecule has 2 aromatic rings. The average Bonchev–Trinajstić information content (AvgIpc) is 3.08. The van der Waals surface area contributed by atoms with Crippen molar-refractivity contribution in [2.24, 2.45) is 0 Å². The number of hydrogen-bond acceptors (Lipinski definition) is 7. The van der Waals surface area contributed by atoms with Crippen LogP contribution in [0.15, 0.2) is 30.3 Å². The minimum Gasteiger partial charge on any atom is -0.466 e. The van der Waals surface area contributed by atoms with E-state index < -0.39 is 6.04 Å². The summed E-state index contributed by atoms with van der Waals surface area (Å²) in [6.45, 7) is 4.16. The Balaban J connectivity index is 1.95. The molecule has 9 heteroatoms. The molecule has 0 radical (unpaired) electrons. The molecule has 0 aliphatic rings. The van der Waals surface area contributed by atoms with Crippen LogP contribution in [0.4, 0.5) is 5.95 Å². The zero-order valence-corrected chi connectivity index (χ0v) is 14.3. The zero-order valence-electron chi connectivity index (χ0n) is 14.3. The Morgan fingerprint density at radius 2 is 2.00 bits per heavy atom. The summed E-state index contributed by atoms with van der Waals surface area (Å²) in [7, 11) is 0. The topological polar surface area (TPSA) is 111 Å². The van der Waals surface area contributed by atoms with Crippen molar-refractivity contribution in [3.63, 3.8) is 0 Å². The summed E-state index contributed by atoms with van der Waals surface area (Å²) >= 11 is 0. The molecular formula is C16H22N6O3. The lowest BCUT2D eigenvalue weighted by molar-refractivity contribution is -0.143. The number of nitrogens with one attached hydrogen (secondary N) is 2. The predicted molar refractivity (Wildman–Crippen MR) is 91.1 cm³/mol. The minimum atomic E-state index is -0.518. The predicted octanol–water partition coefficient (Wildman–Crippen LogP) is 0.922. The number of tetrazole rings is 1. The van der Waals surface area contributed by atoms with Crippen molar-refractivity contribution >= 4 is 17.8 Å². The number of aromatic nitrogens is 4. The summed E-state index contributed by atoms with van der Waals surface area (Å²) in [6.07, 6.45) is 0.671. The Morgan fingerprint density at radius 1 is 1.24 bits per heavy atom. The van der Waals surface area contributed by atoms with Gasteiger partial charge >= 0.3 is 5.97 Å². The molecule has 1 atom stereocenters. The van der Waals surface area contributed by atoms with E-state index in [2.05, 4.69) is 26.2 Å². The first-order valence-electron chi connectivity index (χ1n) is 8.19. The number of amides is 1. The SMILES string of the molecule is CCOC(=O)CCNC(=O)[C@H](CC)Nc1nnnn1-c1ccccc1. The summed E-state index contributed by atoms with van der Waals surface area (Å²) in [5, 5.41) is 17.3. The number of hydrogen-bond donors (Lipinski definition) is 2. The molecule has 0 aliphatic carbocycles. The van der Waals surface area contributed by atoms with Crippen molar-refractivity contribution in [3.05, 3.63) is 30.3 Å². The van der Waals surface area contributed by atoms with Crippen molar-refractivity contribution < 1.29 is 14.3 Å². The second-order valence-corrected chi connectivity index (χ2v) is 5.20. The molecule has 0 saturated heterocycles. The molecule has 0 saturated carbocycles. The van der Waals surface area contributed by atoms with E-state index in [1.807, 2.05) is 37.3 Å². The standard InChI is InChI=1S/C16H22N6O3/c1-3-13(15(24)17-11-10-14(23)25-4-2)18-16-19-20-21-22(16)12-8-6-5-7-9-12/h5-9,13H,3-4,10-11H2,1-2H3,(H,17,24)(H,18,19,21)/t13-/m0/s1. The number of carbonyl (C=O) groups excluding carboxylic acids is 2. The molecule has 0 spiro atoms. The van der Waals surface area contributed by atoms with Gasteiger partial charge in [-0.05, 0) is 35.9 Å². The number of rotatable bonds is 9. The number of ether oxygens (including phenoxy) is 1. The Labute approximate surface area is 145 Å². The first kappa shape index (κ1) is 18.4. The van der Waals surface area contributed by atoms with Crippen LogP contribution in [0.25, 0.3) is 5.69 Å². The Hall–Kier alpha value is -2.97. The molecule has 134 valence electrons. The molecule has 1 aromatic carbocycles. The van der Waals surface area contributed by atoms with Crippen LogP contribution in [-0.4, -0.2) is 51.3 Å². The van der Waals surface area contributed by atoms with Gasteiger partial charge in [0.15, 0.2) is 0 Å². The maximum atomic E-state index is 12.3. The fraction of sp³-hybridized carbons (Fsp3) is 0.438. The molecule has 1 heterocycles. The quantitative estimate of drug-likeness (QED) is 0.650. The zero-order chi connectivity index (χ0) is 18.1. The normalized spacial score (nSPS) is 11.6. The van der Waals surface area contributed by atoms with Crippen molar-refractivity contribution in [2.45, 2.75) is 32.7 Å². The summed E-state index contributed by atoms with van der Waals surface area (Å²) in [5.74, 6) is -0.190. The highest BCUT2D eigenvalue weighted by Crippen LogP contribution is 2.12. The molecule has 0 fully saturated rings. The second-order valence-electron chi connectivity index (χ2n) is 5.20. The molecule has 0 bridgehead atoms. The molecule has 1 aromatic heterocycles. The number of nitrogens with zero attached hydrogens (tertiary/aromatic N) is 4. The van der Waals surface area contributed by atoms with E-state index in [1.54, 1.807) is 6.92 Å². The van der Waals surface area contributed by atoms with Gasteiger partial charge in [0, 0.05) is 6.54 Å². The van der Waals surface area contributed by atoms with Gasteiger partial charge in [-0.2, -0.15) is 4.68 Å². The fourth-order valence-electron chi connectivity index (χ4n) is 2.17. The highest BCUT2D eigenvalue weighted by molar-refractivity contribution is 5.84. The highest BCUT2D eigenvalue weighted by atomic mass is 16.5. The highest BCUT2D eigenvalue weighted by Gasteiger charge is 2.19. The lowest BCUT2D eigenvalue weighted by Gasteiger charge is -2.17. The smallest absolute Gasteiger partial charge is 0.307 e. The van der Waals surface area contributed by atoms with Crippen molar-refractivity contribution in [2.75, 3.05) is 18.5 Å². The molecule has 25 heavy (non-hydrogen) atoms. The van der Waals surface area contributed by atoms with Gasteiger partial charge in [-0.15, -0.1) is 0 Å². The second kappa shape index (κ2) is 9.36. The lowest BCUT2D eigenvalue weighted by atomic mass is 10.2. The van der Waals surface area contributed by atoms with E-state index >= 15 is 0 Å². The molecule has 9 nitrogen and oxygen atoms in total. The van der Waals surface area contributed by atoms with Crippen LogP contribution in [0.5, 0.6) is 0 Å². The van der Waals surface area contributed by atoms with Crippen LogP contribution in [0.2, 0.25) is 0 Å². The molecule has 0 aliphatic heterocycles. The lowest BCUT2D eigenvalue weighted by Crippen LogP contribution is -2.40. The first-order valence-corrected chi connectivity index (χ1v) is 8.19. The van der Waals surface area contributed by atoms with Crippen molar-refractivity contribution in [1.29, 1.82) is 0 Å². The van der Waals surface area contributed by atoms with Gasteiger partial charge < -0.3 is 15.4 Å². The van der Waals surface area contributed by atoms with E-state index in [9.17, 15) is 9.59 Å². The Bertz CT molecular complexity index is 688. The number of esters is 1. The van der Waals surface area contributed by atoms with E-state index in [0.29, 0.717) is 19.0 Å². The molecule has 0 unspecified atom stereocenters. The number of carbonyl (C=O) groups is 2. The van der Waals surface area contributed by atoms with Crippen molar-refractivity contribution in [1.82, 2.24) is 25.5 Å². The van der Waals surface area contributed by atoms with Gasteiger partial charge in [-0.25, -0.2) is 0 Å². The molecular weight excluding hydrogens is 324 g/mol. The summed E-state index contributed by atoms with van der Waals surface area (Å²) in [5.41, 5.74) is 0.785. The molecule has 2 N–H and O–H groups in total. The fourth-order valence-corrected chi connectivity index (χ4v) is 2.17. The molecule has 1 amide bonds. The minimum absolute atomic E-state index is 0.137. The van der Waals surface area contributed by atoms with Gasteiger partial charge in [0.2, 0.25) is 11.9 Å². The van der Waals surface area contributed by atoms with Gasteiger partial charge in [0.25, 0.3) is 0 Å². The van der Waals surface area contributed by atoms with Crippen LogP contribution in [0, 0.1) is 0 Å². The Morgan fingerprint density at radius 3 is 2.68 bits per heavy atom. The van der Waals surface area contributed by atoms with Crippen LogP contribution in [0.1, 0.15) is 26.7 Å². The maximum absolute atomic E-state index is 12.3. The van der Waals surface area contributed by atoms with E-state index in [-0.39, 0.29) is 24.8 Å². The van der Waals surface area contributed by atoms with Gasteiger partial charge in [0.1, 0.15) is 6.04 Å². The van der Waals surface area contributed by atoms with E-state index in [4.69, 9.17) is 4.74 Å². The van der Waals surface area contributed by atoms with Crippen LogP contribution in [-0.2, 0) is 14.3 Å². The summed E-state index contributed by atoms with van der Waals surface area (Å²) in [4.78, 5) is 23.6. The monoisotopic (exact) mass is 346 g/mol. The maximum Gasteiger partial charge on any atom is 0.307 e. The van der Waals surface area contributed by atoms with E-state index in [1.165, 1.54) is 4.68 Å². The van der Waals surface area contributed by atoms with Gasteiger partial charge in [0.05, 0.1) is 18.7 Å². The third-order valence-electron chi connectivity index (χ3n) is 3.43. The van der Waals surface area contributed by atoms with Gasteiger partial charge in [-0.3, -0.25) is 9.59 Å². The van der Waals surface area contributed by atoms with Crippen molar-refractivity contribution in [3.8, 4) is 5.69 Å². The average molecular weight is 346 g/mol. The summed E-state index contributed by atoms with van der Waals surface area (Å²) in [6, 6.07) is 8.85. The number of anilines is 1.